The topological polar surface area (TPSA) is 84.4 Å². The second-order valence-electron chi connectivity index (χ2n) is 4.89. The zero-order valence-electron chi connectivity index (χ0n) is 11.1. The summed E-state index contributed by atoms with van der Waals surface area (Å²) in [6.07, 6.45) is 3.90. The Labute approximate surface area is 120 Å². The lowest BCUT2D eigenvalue weighted by Crippen LogP contribution is -2.25. The molecule has 1 aliphatic carbocycles. The van der Waals surface area contributed by atoms with Gasteiger partial charge < -0.3 is 20.4 Å². The number of nitrogens with zero attached hydrogens (tertiary/aromatic N) is 2. The van der Waals surface area contributed by atoms with Gasteiger partial charge in [0.05, 0.1) is 12.8 Å². The molecule has 1 amide bonds. The number of nitrogens with one attached hydrogen (secondary N) is 1. The molecule has 106 valence electrons. The number of amides is 1. The number of hydrogen-bond donors (Lipinski definition) is 2. The first-order valence-corrected chi connectivity index (χ1v) is 7.26. The summed E-state index contributed by atoms with van der Waals surface area (Å²) in [5.74, 6) is 0.884. The number of thiazole rings is 1. The summed E-state index contributed by atoms with van der Waals surface area (Å²) >= 11 is 1.31. The molecule has 2 aromatic heterocycles. The van der Waals surface area contributed by atoms with Crippen LogP contribution in [0.5, 0.6) is 0 Å². The second-order valence-corrected chi connectivity index (χ2v) is 5.89. The summed E-state index contributed by atoms with van der Waals surface area (Å²) < 4.78 is 5.24. The lowest BCUT2D eigenvalue weighted by Gasteiger charge is -2.14. The SMILES string of the molecule is CN(Cc1ccco1)C(=O)c1sc(NC2CC2)nc1N. The normalized spacial score (nSPS) is 14.2. The van der Waals surface area contributed by atoms with E-state index in [0.29, 0.717) is 17.5 Å². The average molecular weight is 292 g/mol. The van der Waals surface area contributed by atoms with Crippen molar-refractivity contribution < 1.29 is 9.21 Å². The van der Waals surface area contributed by atoms with Gasteiger partial charge in [-0.25, -0.2) is 4.98 Å². The summed E-state index contributed by atoms with van der Waals surface area (Å²) in [7, 11) is 1.72. The minimum absolute atomic E-state index is 0.139. The summed E-state index contributed by atoms with van der Waals surface area (Å²) in [5.41, 5.74) is 5.84. The van der Waals surface area contributed by atoms with Gasteiger partial charge in [0, 0.05) is 13.1 Å². The van der Waals surface area contributed by atoms with E-state index in [1.807, 2.05) is 6.07 Å². The Kier molecular flexibility index (Phi) is 3.35. The fourth-order valence-corrected chi connectivity index (χ4v) is 2.79. The minimum atomic E-state index is -0.139. The third-order valence-corrected chi connectivity index (χ3v) is 4.06. The smallest absolute Gasteiger partial charge is 0.268 e. The molecule has 0 unspecified atom stereocenters. The highest BCUT2D eigenvalue weighted by molar-refractivity contribution is 7.18. The quantitative estimate of drug-likeness (QED) is 0.882. The van der Waals surface area contributed by atoms with Crippen molar-refractivity contribution in [2.45, 2.75) is 25.4 Å². The fraction of sp³-hybridized carbons (Fsp3) is 0.385. The first-order chi connectivity index (χ1) is 9.63. The predicted molar refractivity (Wildman–Crippen MR) is 77.7 cm³/mol. The van der Waals surface area contributed by atoms with Gasteiger partial charge in [-0.15, -0.1) is 0 Å². The van der Waals surface area contributed by atoms with Crippen molar-refractivity contribution in [3.05, 3.63) is 29.0 Å². The monoisotopic (exact) mass is 292 g/mol. The lowest BCUT2D eigenvalue weighted by molar-refractivity contribution is 0.0781. The molecule has 1 saturated carbocycles. The number of nitrogen functional groups attached to an aromatic ring is 1. The van der Waals surface area contributed by atoms with Crippen LogP contribution in [0.1, 0.15) is 28.3 Å². The average Bonchev–Trinajstić information content (AvgIpc) is 2.93. The molecular formula is C13H16N4O2S. The molecule has 0 spiro atoms. The Morgan fingerprint density at radius 2 is 2.45 bits per heavy atom. The van der Waals surface area contributed by atoms with Gasteiger partial charge in [-0.3, -0.25) is 4.79 Å². The van der Waals surface area contributed by atoms with Crippen LogP contribution < -0.4 is 11.1 Å². The number of anilines is 2. The van der Waals surface area contributed by atoms with E-state index in [1.165, 1.54) is 11.3 Å². The van der Waals surface area contributed by atoms with Gasteiger partial charge in [-0.1, -0.05) is 11.3 Å². The number of aromatic nitrogens is 1. The van der Waals surface area contributed by atoms with Gasteiger partial charge in [-0.2, -0.15) is 0 Å². The third kappa shape index (κ3) is 2.77. The largest absolute Gasteiger partial charge is 0.467 e. The summed E-state index contributed by atoms with van der Waals surface area (Å²) in [4.78, 5) is 18.6. The maximum atomic E-state index is 12.4. The van der Waals surface area contributed by atoms with Crippen molar-refractivity contribution >= 4 is 28.2 Å². The Hall–Kier alpha value is -2.02. The molecule has 0 aliphatic heterocycles. The van der Waals surface area contributed by atoms with E-state index in [1.54, 1.807) is 24.3 Å². The number of hydrogen-bond acceptors (Lipinski definition) is 6. The zero-order chi connectivity index (χ0) is 14.1. The van der Waals surface area contributed by atoms with Crippen molar-refractivity contribution in [2.24, 2.45) is 0 Å². The Morgan fingerprint density at radius 3 is 3.10 bits per heavy atom. The molecule has 7 heteroatoms. The van der Waals surface area contributed by atoms with E-state index in [-0.39, 0.29) is 11.7 Å². The number of carbonyl (C=O) groups is 1. The number of carbonyl (C=O) groups excluding carboxylic acids is 1. The second kappa shape index (κ2) is 5.16. The molecule has 3 N–H and O–H groups in total. The Balaban J connectivity index is 1.70. The van der Waals surface area contributed by atoms with Crippen LogP contribution in [0.15, 0.2) is 22.8 Å². The van der Waals surface area contributed by atoms with Crippen LogP contribution in [0.25, 0.3) is 0 Å². The van der Waals surface area contributed by atoms with E-state index < -0.39 is 0 Å². The molecule has 1 aliphatic rings. The van der Waals surface area contributed by atoms with Crippen LogP contribution >= 0.6 is 11.3 Å². The van der Waals surface area contributed by atoms with Crippen molar-refractivity contribution in [3.63, 3.8) is 0 Å². The molecule has 0 bridgehead atoms. The number of rotatable bonds is 5. The fourth-order valence-electron chi connectivity index (χ4n) is 1.83. The van der Waals surface area contributed by atoms with Gasteiger partial charge in [-0.05, 0) is 25.0 Å². The molecule has 3 rings (SSSR count). The van der Waals surface area contributed by atoms with Gasteiger partial charge in [0.1, 0.15) is 16.5 Å². The van der Waals surface area contributed by atoms with Gasteiger partial charge in [0.2, 0.25) is 0 Å². The van der Waals surface area contributed by atoms with Crippen molar-refractivity contribution in [1.82, 2.24) is 9.88 Å². The zero-order valence-corrected chi connectivity index (χ0v) is 11.9. The van der Waals surface area contributed by atoms with Crippen LogP contribution in [-0.2, 0) is 6.54 Å². The van der Waals surface area contributed by atoms with E-state index in [4.69, 9.17) is 10.2 Å². The van der Waals surface area contributed by atoms with E-state index >= 15 is 0 Å². The molecule has 0 aromatic carbocycles. The van der Waals surface area contributed by atoms with Crippen LogP contribution in [-0.4, -0.2) is 28.9 Å². The first kappa shape index (κ1) is 13.0. The Morgan fingerprint density at radius 1 is 1.65 bits per heavy atom. The predicted octanol–water partition coefficient (Wildman–Crippen LogP) is 2.16. The minimum Gasteiger partial charge on any atom is -0.467 e. The molecule has 0 saturated heterocycles. The lowest BCUT2D eigenvalue weighted by atomic mass is 10.3. The standard InChI is InChI=1S/C13H16N4O2S/c1-17(7-9-3-2-6-19-9)12(18)10-11(14)16-13(20-10)15-8-4-5-8/h2-3,6,8H,4-5,7,14H2,1H3,(H,15,16). The van der Waals surface area contributed by atoms with Crippen LogP contribution in [0.2, 0.25) is 0 Å². The number of nitrogens with two attached hydrogens (primary N) is 1. The van der Waals surface area contributed by atoms with Crippen molar-refractivity contribution in [1.29, 1.82) is 0 Å². The van der Waals surface area contributed by atoms with E-state index in [9.17, 15) is 4.79 Å². The maximum Gasteiger partial charge on any atom is 0.268 e. The maximum absolute atomic E-state index is 12.4. The van der Waals surface area contributed by atoms with Gasteiger partial charge in [0.15, 0.2) is 5.13 Å². The van der Waals surface area contributed by atoms with Crippen molar-refractivity contribution in [2.75, 3.05) is 18.1 Å². The highest BCUT2D eigenvalue weighted by Gasteiger charge is 2.25. The molecule has 1 fully saturated rings. The Bertz CT molecular complexity index is 604. The molecule has 20 heavy (non-hydrogen) atoms. The van der Waals surface area contributed by atoms with Gasteiger partial charge in [0.25, 0.3) is 5.91 Å². The van der Waals surface area contributed by atoms with Crippen LogP contribution in [0.3, 0.4) is 0 Å². The summed E-state index contributed by atoms with van der Waals surface area (Å²) in [6, 6.07) is 4.12. The first-order valence-electron chi connectivity index (χ1n) is 6.44. The van der Waals surface area contributed by atoms with E-state index in [2.05, 4.69) is 10.3 Å². The van der Waals surface area contributed by atoms with Crippen LogP contribution in [0, 0.1) is 0 Å². The molecule has 2 heterocycles. The van der Waals surface area contributed by atoms with Gasteiger partial charge >= 0.3 is 0 Å². The molecule has 2 aromatic rings. The highest BCUT2D eigenvalue weighted by Crippen LogP contribution is 2.31. The van der Waals surface area contributed by atoms with E-state index in [0.717, 1.165) is 23.7 Å². The molecule has 6 nitrogen and oxygen atoms in total. The van der Waals surface area contributed by atoms with Crippen LogP contribution in [0.4, 0.5) is 10.9 Å². The van der Waals surface area contributed by atoms with Crippen molar-refractivity contribution in [3.8, 4) is 0 Å². The molecular weight excluding hydrogens is 276 g/mol. The molecule has 0 atom stereocenters. The highest BCUT2D eigenvalue weighted by atomic mass is 32.1. The third-order valence-electron chi connectivity index (χ3n) is 3.07. The summed E-state index contributed by atoms with van der Waals surface area (Å²) in [6.45, 7) is 0.411. The summed E-state index contributed by atoms with van der Waals surface area (Å²) in [5, 5.41) is 3.98. The number of furan rings is 1. The molecule has 0 radical (unpaired) electrons.